The molecule has 0 unspecified atom stereocenters. The summed E-state index contributed by atoms with van der Waals surface area (Å²) in [4.78, 5) is 11.9. The Labute approximate surface area is 121 Å². The van der Waals surface area contributed by atoms with Crippen LogP contribution in [0.4, 0.5) is 9.93 Å². The van der Waals surface area contributed by atoms with Crippen LogP contribution in [0, 0.1) is 20.8 Å². The molecule has 0 aliphatic carbocycles. The quantitative estimate of drug-likeness (QED) is 0.907. The van der Waals surface area contributed by atoms with Crippen molar-refractivity contribution < 1.29 is 4.79 Å². The molecular weight excluding hydrogens is 276 g/mol. The minimum atomic E-state index is -0.295. The van der Waals surface area contributed by atoms with E-state index in [1.807, 2.05) is 39.4 Å². The number of aryl methyl sites for hydroxylation is 3. The lowest BCUT2D eigenvalue weighted by molar-refractivity contribution is 0.249. The largest absolute Gasteiger partial charge is 0.331 e. The first-order valence-corrected chi connectivity index (χ1v) is 7.08. The van der Waals surface area contributed by atoms with Crippen LogP contribution >= 0.6 is 11.3 Å². The zero-order chi connectivity index (χ0) is 14.9. The Morgan fingerprint density at radius 1 is 1.30 bits per heavy atom. The second-order valence-corrected chi connectivity index (χ2v) is 5.84. The predicted molar refractivity (Wildman–Crippen MR) is 77.9 cm³/mol. The molecule has 0 aliphatic rings. The SMILES string of the molecule is Cc1nnc(NC(=O)N[C@@H](C)c2c(C)nn(C)c2C)s1. The van der Waals surface area contributed by atoms with Crippen molar-refractivity contribution in [1.29, 1.82) is 0 Å². The molecule has 0 aliphatic heterocycles. The fourth-order valence-corrected chi connectivity index (χ4v) is 2.75. The van der Waals surface area contributed by atoms with Crippen molar-refractivity contribution >= 4 is 22.5 Å². The van der Waals surface area contributed by atoms with Crippen LogP contribution in [0.15, 0.2) is 0 Å². The maximum Gasteiger partial charge on any atom is 0.321 e. The monoisotopic (exact) mass is 294 g/mol. The van der Waals surface area contributed by atoms with Crippen LogP contribution in [0.1, 0.15) is 34.9 Å². The number of hydrogen-bond donors (Lipinski definition) is 2. The minimum absolute atomic E-state index is 0.127. The Balaban J connectivity index is 2.04. The summed E-state index contributed by atoms with van der Waals surface area (Å²) in [6.07, 6.45) is 0. The Kier molecular flexibility index (Phi) is 4.03. The summed E-state index contributed by atoms with van der Waals surface area (Å²) in [5.74, 6) is 0. The fraction of sp³-hybridized carbons (Fsp3) is 0.500. The van der Waals surface area contributed by atoms with Crippen LogP contribution in [-0.2, 0) is 7.05 Å². The fourth-order valence-electron chi connectivity index (χ4n) is 2.17. The van der Waals surface area contributed by atoms with E-state index in [9.17, 15) is 4.79 Å². The number of anilines is 1. The molecule has 2 rings (SSSR count). The predicted octanol–water partition coefficient (Wildman–Crippen LogP) is 2.08. The van der Waals surface area contributed by atoms with Gasteiger partial charge in [-0.2, -0.15) is 5.10 Å². The summed E-state index contributed by atoms with van der Waals surface area (Å²) in [5.41, 5.74) is 3.00. The number of hydrogen-bond acceptors (Lipinski definition) is 5. The van der Waals surface area contributed by atoms with Crippen LogP contribution < -0.4 is 10.6 Å². The zero-order valence-corrected chi connectivity index (χ0v) is 13.0. The van der Waals surface area contributed by atoms with Crippen molar-refractivity contribution in [2.75, 3.05) is 5.32 Å². The number of urea groups is 1. The summed E-state index contributed by atoms with van der Waals surface area (Å²) in [5, 5.41) is 18.9. The average molecular weight is 294 g/mol. The molecule has 0 saturated carbocycles. The normalized spacial score (nSPS) is 12.2. The van der Waals surface area contributed by atoms with Gasteiger partial charge in [0, 0.05) is 18.3 Å². The lowest BCUT2D eigenvalue weighted by Crippen LogP contribution is -2.31. The van der Waals surface area contributed by atoms with E-state index < -0.39 is 0 Å². The highest BCUT2D eigenvalue weighted by molar-refractivity contribution is 7.15. The van der Waals surface area contributed by atoms with Gasteiger partial charge in [0.1, 0.15) is 5.01 Å². The molecule has 2 amide bonds. The van der Waals surface area contributed by atoms with Crippen molar-refractivity contribution in [3.63, 3.8) is 0 Å². The van der Waals surface area contributed by atoms with Gasteiger partial charge in [0.05, 0.1) is 11.7 Å². The van der Waals surface area contributed by atoms with Crippen LogP contribution in [-0.4, -0.2) is 26.0 Å². The van der Waals surface area contributed by atoms with Gasteiger partial charge < -0.3 is 5.32 Å². The number of aromatic nitrogens is 4. The molecule has 2 heterocycles. The molecule has 0 radical (unpaired) electrons. The third-order valence-electron chi connectivity index (χ3n) is 3.09. The van der Waals surface area contributed by atoms with Gasteiger partial charge in [0.2, 0.25) is 5.13 Å². The molecule has 2 N–H and O–H groups in total. The van der Waals surface area contributed by atoms with Gasteiger partial charge in [0.25, 0.3) is 0 Å². The number of nitrogens with one attached hydrogen (secondary N) is 2. The minimum Gasteiger partial charge on any atom is -0.331 e. The first-order chi connectivity index (χ1) is 9.38. The van der Waals surface area contributed by atoms with Gasteiger partial charge in [-0.25, -0.2) is 4.79 Å². The van der Waals surface area contributed by atoms with E-state index in [4.69, 9.17) is 0 Å². The molecule has 0 spiro atoms. The summed E-state index contributed by atoms with van der Waals surface area (Å²) in [6.45, 7) is 7.69. The summed E-state index contributed by atoms with van der Waals surface area (Å²) >= 11 is 1.34. The van der Waals surface area contributed by atoms with Crippen molar-refractivity contribution in [3.05, 3.63) is 22.0 Å². The third-order valence-corrected chi connectivity index (χ3v) is 3.85. The topological polar surface area (TPSA) is 84.7 Å². The van der Waals surface area contributed by atoms with E-state index in [0.29, 0.717) is 5.13 Å². The molecule has 0 aromatic carbocycles. The summed E-state index contributed by atoms with van der Waals surface area (Å²) < 4.78 is 1.81. The molecular formula is C12H18N6OS. The highest BCUT2D eigenvalue weighted by Crippen LogP contribution is 2.21. The van der Waals surface area contributed by atoms with Crippen molar-refractivity contribution in [2.45, 2.75) is 33.7 Å². The van der Waals surface area contributed by atoms with Crippen LogP contribution in [0.3, 0.4) is 0 Å². The molecule has 1 atom stereocenters. The lowest BCUT2D eigenvalue weighted by Gasteiger charge is -2.14. The van der Waals surface area contributed by atoms with E-state index in [0.717, 1.165) is 22.0 Å². The maximum atomic E-state index is 11.9. The standard InChI is InChI=1S/C12H18N6OS/c1-6(10-7(2)17-18(5)8(10)3)13-11(19)14-12-16-15-9(4)20-12/h6H,1-5H3,(H2,13,14,16,19)/t6-/m0/s1. The first-order valence-electron chi connectivity index (χ1n) is 6.26. The van der Waals surface area contributed by atoms with E-state index >= 15 is 0 Å². The van der Waals surface area contributed by atoms with Gasteiger partial charge in [-0.05, 0) is 27.7 Å². The maximum absolute atomic E-state index is 11.9. The van der Waals surface area contributed by atoms with Gasteiger partial charge in [0.15, 0.2) is 0 Å². The molecule has 0 fully saturated rings. The van der Waals surface area contributed by atoms with E-state index in [-0.39, 0.29) is 12.1 Å². The Morgan fingerprint density at radius 3 is 2.50 bits per heavy atom. The van der Waals surface area contributed by atoms with E-state index in [1.165, 1.54) is 11.3 Å². The second-order valence-electron chi connectivity index (χ2n) is 4.65. The second kappa shape index (κ2) is 5.58. The number of rotatable bonds is 3. The molecule has 108 valence electrons. The molecule has 7 nitrogen and oxygen atoms in total. The highest BCUT2D eigenvalue weighted by atomic mass is 32.1. The number of carbonyl (C=O) groups excluding carboxylic acids is 1. The van der Waals surface area contributed by atoms with Gasteiger partial charge in [-0.1, -0.05) is 11.3 Å². The van der Waals surface area contributed by atoms with Gasteiger partial charge in [-0.3, -0.25) is 10.00 Å². The third kappa shape index (κ3) is 2.96. The lowest BCUT2D eigenvalue weighted by atomic mass is 10.1. The van der Waals surface area contributed by atoms with Crippen molar-refractivity contribution in [1.82, 2.24) is 25.3 Å². The molecule has 8 heteroatoms. The van der Waals surface area contributed by atoms with Crippen molar-refractivity contribution in [3.8, 4) is 0 Å². The van der Waals surface area contributed by atoms with Gasteiger partial charge >= 0.3 is 6.03 Å². The van der Waals surface area contributed by atoms with Crippen LogP contribution in [0.2, 0.25) is 0 Å². The van der Waals surface area contributed by atoms with Gasteiger partial charge in [-0.15, -0.1) is 10.2 Å². The first kappa shape index (κ1) is 14.4. The van der Waals surface area contributed by atoms with E-state index in [1.54, 1.807) is 0 Å². The Morgan fingerprint density at radius 2 is 2.00 bits per heavy atom. The summed E-state index contributed by atoms with van der Waals surface area (Å²) in [6, 6.07) is -0.422. The molecule has 20 heavy (non-hydrogen) atoms. The van der Waals surface area contributed by atoms with E-state index in [2.05, 4.69) is 25.9 Å². The van der Waals surface area contributed by atoms with Crippen molar-refractivity contribution in [2.24, 2.45) is 7.05 Å². The molecule has 2 aromatic heterocycles. The smallest absolute Gasteiger partial charge is 0.321 e. The molecule has 0 saturated heterocycles. The number of nitrogens with zero attached hydrogens (tertiary/aromatic N) is 4. The number of carbonyl (C=O) groups is 1. The average Bonchev–Trinajstić information content (AvgIpc) is 2.84. The Hall–Kier alpha value is -1.96. The van der Waals surface area contributed by atoms with Crippen LogP contribution in [0.25, 0.3) is 0 Å². The molecule has 2 aromatic rings. The highest BCUT2D eigenvalue weighted by Gasteiger charge is 2.18. The summed E-state index contributed by atoms with van der Waals surface area (Å²) in [7, 11) is 1.89. The molecule has 0 bridgehead atoms. The van der Waals surface area contributed by atoms with Crippen LogP contribution in [0.5, 0.6) is 0 Å². The zero-order valence-electron chi connectivity index (χ0n) is 12.2. The number of amides is 2. The Bertz CT molecular complexity index is 632.